The Bertz CT molecular complexity index is 552. The molecule has 0 radical (unpaired) electrons. The Kier molecular flexibility index (Phi) is 4.69. The number of aliphatic hydroxyl groups excluding tert-OH is 1. The quantitative estimate of drug-likeness (QED) is 0.791. The van der Waals surface area contributed by atoms with Gasteiger partial charge in [-0.2, -0.15) is 0 Å². The second kappa shape index (κ2) is 6.32. The van der Waals surface area contributed by atoms with Gasteiger partial charge in [0.1, 0.15) is 6.04 Å². The molecule has 3 atom stereocenters. The Morgan fingerprint density at radius 3 is 2.81 bits per heavy atom. The molecule has 1 heterocycles. The molecule has 0 saturated carbocycles. The largest absolute Gasteiger partial charge is 0.480 e. The van der Waals surface area contributed by atoms with Crippen molar-refractivity contribution in [1.29, 1.82) is 0 Å². The Hall–Kier alpha value is -1.79. The third kappa shape index (κ3) is 3.65. The summed E-state index contributed by atoms with van der Waals surface area (Å²) < 4.78 is 0. The minimum Gasteiger partial charge on any atom is -0.480 e. The van der Waals surface area contributed by atoms with Gasteiger partial charge in [-0.1, -0.05) is 23.7 Å². The first-order chi connectivity index (χ1) is 9.88. The number of aliphatic carboxylic acids is 1. The maximum absolute atomic E-state index is 12.2. The lowest BCUT2D eigenvalue weighted by molar-refractivity contribution is -0.141. The molecule has 1 aromatic carbocycles. The zero-order chi connectivity index (χ0) is 15.6. The van der Waals surface area contributed by atoms with E-state index in [2.05, 4.69) is 5.32 Å². The number of β-amino-alcohol motifs (C(OH)–C–C–N with tert-alkyl or cyclic N) is 1. The molecule has 1 saturated heterocycles. The first kappa shape index (κ1) is 15.6. The highest BCUT2D eigenvalue weighted by molar-refractivity contribution is 6.30. The molecule has 0 spiro atoms. The van der Waals surface area contributed by atoms with Crippen LogP contribution in [0.25, 0.3) is 0 Å². The number of halogens is 1. The van der Waals surface area contributed by atoms with Gasteiger partial charge in [-0.3, -0.25) is 0 Å². The fourth-order valence-corrected chi connectivity index (χ4v) is 2.60. The van der Waals surface area contributed by atoms with Crippen molar-refractivity contribution in [3.05, 3.63) is 34.9 Å². The van der Waals surface area contributed by atoms with Gasteiger partial charge in [-0.15, -0.1) is 0 Å². The SMILES string of the molecule is CC(NC(=O)N1C[C@H](O)C[C@@H]1C(=O)O)c1cccc(Cl)c1. The van der Waals surface area contributed by atoms with E-state index in [0.717, 1.165) is 10.5 Å². The fourth-order valence-electron chi connectivity index (χ4n) is 2.40. The van der Waals surface area contributed by atoms with Gasteiger partial charge in [0.25, 0.3) is 0 Å². The van der Waals surface area contributed by atoms with E-state index in [1.807, 2.05) is 6.07 Å². The molecule has 0 aliphatic carbocycles. The maximum atomic E-state index is 12.2. The van der Waals surface area contributed by atoms with Crippen molar-refractivity contribution >= 4 is 23.6 Å². The third-order valence-corrected chi connectivity index (χ3v) is 3.75. The van der Waals surface area contributed by atoms with Crippen molar-refractivity contribution in [3.63, 3.8) is 0 Å². The van der Waals surface area contributed by atoms with Crippen molar-refractivity contribution < 1.29 is 19.8 Å². The Labute approximate surface area is 127 Å². The standard InChI is InChI=1S/C14H17ClN2O4/c1-8(9-3-2-4-10(15)5-9)16-14(21)17-7-11(18)6-12(17)13(19)20/h2-5,8,11-12,18H,6-7H2,1H3,(H,16,21)(H,19,20)/t8?,11-,12-/m1/s1. The first-order valence-electron chi connectivity index (χ1n) is 6.62. The number of carboxylic acids is 1. The highest BCUT2D eigenvalue weighted by Gasteiger charge is 2.39. The van der Waals surface area contributed by atoms with Crippen molar-refractivity contribution in [2.75, 3.05) is 6.54 Å². The van der Waals surface area contributed by atoms with Crippen molar-refractivity contribution in [1.82, 2.24) is 10.2 Å². The van der Waals surface area contributed by atoms with Crippen LogP contribution >= 0.6 is 11.6 Å². The summed E-state index contributed by atoms with van der Waals surface area (Å²) in [5.74, 6) is -1.11. The van der Waals surface area contributed by atoms with Gasteiger partial charge < -0.3 is 20.4 Å². The highest BCUT2D eigenvalue weighted by Crippen LogP contribution is 2.21. The number of likely N-dealkylation sites (tertiary alicyclic amines) is 1. The van der Waals surface area contributed by atoms with Gasteiger partial charge >= 0.3 is 12.0 Å². The monoisotopic (exact) mass is 312 g/mol. The van der Waals surface area contributed by atoms with E-state index in [0.29, 0.717) is 5.02 Å². The minimum atomic E-state index is -1.11. The number of aliphatic hydroxyl groups is 1. The van der Waals surface area contributed by atoms with Crippen LogP contribution < -0.4 is 5.32 Å². The molecule has 2 amide bonds. The van der Waals surface area contributed by atoms with E-state index in [1.54, 1.807) is 25.1 Å². The number of hydrogen-bond acceptors (Lipinski definition) is 3. The summed E-state index contributed by atoms with van der Waals surface area (Å²) >= 11 is 5.90. The topological polar surface area (TPSA) is 89.9 Å². The number of nitrogens with zero attached hydrogens (tertiary/aromatic N) is 1. The van der Waals surface area contributed by atoms with Crippen LogP contribution in [0.15, 0.2) is 24.3 Å². The summed E-state index contributed by atoms with van der Waals surface area (Å²) in [7, 11) is 0. The molecule has 0 bridgehead atoms. The van der Waals surface area contributed by atoms with E-state index < -0.39 is 24.1 Å². The van der Waals surface area contributed by atoms with Gasteiger partial charge in [0.15, 0.2) is 0 Å². The molecule has 1 fully saturated rings. The fraction of sp³-hybridized carbons (Fsp3) is 0.429. The number of amides is 2. The Balaban J connectivity index is 2.05. The number of benzene rings is 1. The van der Waals surface area contributed by atoms with Gasteiger partial charge in [-0.25, -0.2) is 9.59 Å². The lowest BCUT2D eigenvalue weighted by atomic mass is 10.1. The zero-order valence-electron chi connectivity index (χ0n) is 11.5. The van der Waals surface area contributed by atoms with Crippen LogP contribution in [0, 0.1) is 0 Å². The molecule has 3 N–H and O–H groups in total. The molecule has 114 valence electrons. The summed E-state index contributed by atoms with van der Waals surface area (Å²) in [6.45, 7) is 1.80. The average molecular weight is 313 g/mol. The van der Waals surface area contributed by atoms with Gasteiger partial charge in [0.05, 0.1) is 12.1 Å². The normalized spacial score (nSPS) is 22.9. The smallest absolute Gasteiger partial charge is 0.326 e. The van der Waals surface area contributed by atoms with Gasteiger partial charge in [-0.05, 0) is 24.6 Å². The molecule has 1 unspecified atom stereocenters. The molecule has 2 rings (SSSR count). The number of nitrogens with one attached hydrogen (secondary N) is 1. The number of carbonyl (C=O) groups is 2. The van der Waals surface area contributed by atoms with Crippen molar-refractivity contribution in [2.45, 2.75) is 31.5 Å². The lowest BCUT2D eigenvalue weighted by Gasteiger charge is -2.24. The number of hydrogen-bond donors (Lipinski definition) is 3. The first-order valence-corrected chi connectivity index (χ1v) is 6.99. The molecule has 1 aliphatic heterocycles. The van der Waals surface area contributed by atoms with Crippen LogP contribution in [0.2, 0.25) is 5.02 Å². The summed E-state index contributed by atoms with van der Waals surface area (Å²) in [4.78, 5) is 24.4. The van der Waals surface area contributed by atoms with E-state index >= 15 is 0 Å². The minimum absolute atomic E-state index is 0.0189. The molecule has 1 aliphatic rings. The van der Waals surface area contributed by atoms with Crippen LogP contribution in [0.5, 0.6) is 0 Å². The van der Waals surface area contributed by atoms with E-state index in [-0.39, 0.29) is 19.0 Å². The number of rotatable bonds is 3. The predicted molar refractivity (Wildman–Crippen MR) is 77.2 cm³/mol. The summed E-state index contributed by atoms with van der Waals surface area (Å²) in [6.07, 6.45) is -0.757. The second-order valence-electron chi connectivity index (χ2n) is 5.12. The van der Waals surface area contributed by atoms with Gasteiger partial charge in [0, 0.05) is 18.0 Å². The zero-order valence-corrected chi connectivity index (χ0v) is 12.2. The highest BCUT2D eigenvalue weighted by atomic mass is 35.5. The summed E-state index contributed by atoms with van der Waals surface area (Å²) in [5.41, 5.74) is 0.822. The molecule has 21 heavy (non-hydrogen) atoms. The van der Waals surface area contributed by atoms with Crippen LogP contribution in [0.4, 0.5) is 4.79 Å². The predicted octanol–water partition coefficient (Wildman–Crippen LogP) is 1.63. The second-order valence-corrected chi connectivity index (χ2v) is 5.56. The summed E-state index contributed by atoms with van der Waals surface area (Å²) in [6, 6.07) is 5.25. The molecule has 0 aromatic heterocycles. The molecule has 6 nitrogen and oxygen atoms in total. The molecular formula is C14H17ClN2O4. The molecule has 1 aromatic rings. The average Bonchev–Trinajstić information content (AvgIpc) is 2.81. The third-order valence-electron chi connectivity index (χ3n) is 3.51. The maximum Gasteiger partial charge on any atom is 0.326 e. The number of urea groups is 1. The van der Waals surface area contributed by atoms with Crippen LogP contribution in [-0.4, -0.2) is 45.8 Å². The van der Waals surface area contributed by atoms with E-state index in [9.17, 15) is 14.7 Å². The number of carboxylic acid groups (broad SMARTS) is 1. The van der Waals surface area contributed by atoms with Crippen molar-refractivity contribution in [2.24, 2.45) is 0 Å². The van der Waals surface area contributed by atoms with Crippen LogP contribution in [0.1, 0.15) is 24.9 Å². The molecule has 7 heteroatoms. The van der Waals surface area contributed by atoms with E-state index in [1.165, 1.54) is 0 Å². The van der Waals surface area contributed by atoms with Crippen LogP contribution in [-0.2, 0) is 4.79 Å². The summed E-state index contributed by atoms with van der Waals surface area (Å²) in [5, 5.41) is 21.9. The number of carbonyl (C=O) groups excluding carboxylic acids is 1. The lowest BCUT2D eigenvalue weighted by Crippen LogP contribution is -2.46. The Morgan fingerprint density at radius 2 is 2.19 bits per heavy atom. The van der Waals surface area contributed by atoms with Crippen LogP contribution in [0.3, 0.4) is 0 Å². The van der Waals surface area contributed by atoms with Gasteiger partial charge in [0.2, 0.25) is 0 Å². The Morgan fingerprint density at radius 1 is 1.48 bits per heavy atom. The van der Waals surface area contributed by atoms with Crippen molar-refractivity contribution in [3.8, 4) is 0 Å². The molecular weight excluding hydrogens is 296 g/mol. The van der Waals surface area contributed by atoms with E-state index in [4.69, 9.17) is 16.7 Å².